The van der Waals surface area contributed by atoms with Crippen molar-refractivity contribution in [3.8, 4) is 17.1 Å². The van der Waals surface area contributed by atoms with E-state index in [1.807, 2.05) is 0 Å². The van der Waals surface area contributed by atoms with E-state index >= 15 is 0 Å². The minimum Gasteiger partial charge on any atom is -0.507 e. The number of aromatic hydroxyl groups is 1. The first kappa shape index (κ1) is 15.9. The molecule has 1 heterocycles. The van der Waals surface area contributed by atoms with Gasteiger partial charge in [-0.2, -0.15) is 5.10 Å². The van der Waals surface area contributed by atoms with E-state index in [9.17, 15) is 15.2 Å². The molecule has 0 amide bonds. The average molecular weight is 346 g/mol. The van der Waals surface area contributed by atoms with Gasteiger partial charge in [0.1, 0.15) is 11.6 Å². The Hall–Kier alpha value is -2.97. The molecule has 8 nitrogen and oxygen atoms in total. The highest BCUT2D eigenvalue weighted by Gasteiger charge is 2.18. The third-order valence-electron chi connectivity index (χ3n) is 3.46. The maximum absolute atomic E-state index is 10.9. The van der Waals surface area contributed by atoms with E-state index < -0.39 is 11.0 Å². The minimum atomic E-state index is -0.579. The molecule has 2 aromatic carbocycles. The zero-order valence-corrected chi connectivity index (χ0v) is 12.9. The summed E-state index contributed by atoms with van der Waals surface area (Å²) >= 11 is 5.84. The van der Waals surface area contributed by atoms with Crippen LogP contribution in [0.15, 0.2) is 42.5 Å². The van der Waals surface area contributed by atoms with Crippen molar-refractivity contribution in [2.24, 2.45) is 5.73 Å². The van der Waals surface area contributed by atoms with Crippen LogP contribution in [0.3, 0.4) is 0 Å². The molecule has 3 aromatic rings. The zero-order chi connectivity index (χ0) is 17.3. The smallest absolute Gasteiger partial charge is 0.270 e. The molecule has 4 N–H and O–H groups in total. The molecule has 122 valence electrons. The summed E-state index contributed by atoms with van der Waals surface area (Å²) in [5, 5.41) is 28.0. The van der Waals surface area contributed by atoms with Crippen molar-refractivity contribution >= 4 is 17.3 Å². The van der Waals surface area contributed by atoms with Gasteiger partial charge >= 0.3 is 0 Å². The van der Waals surface area contributed by atoms with Gasteiger partial charge in [-0.05, 0) is 23.8 Å². The third-order valence-corrected chi connectivity index (χ3v) is 3.71. The zero-order valence-electron chi connectivity index (χ0n) is 12.2. The predicted molar refractivity (Wildman–Crippen MR) is 87.6 cm³/mol. The fourth-order valence-electron chi connectivity index (χ4n) is 2.18. The SMILES string of the molecule is N[C@@H](c1ccc(Cl)cc1)c1nc(-c2cc([N+](=O)[O-])ccc2O)n[nH]1. The van der Waals surface area contributed by atoms with Gasteiger partial charge in [0, 0.05) is 17.2 Å². The number of halogens is 1. The summed E-state index contributed by atoms with van der Waals surface area (Å²) in [5.74, 6) is 0.319. The molecule has 24 heavy (non-hydrogen) atoms. The number of nitro groups is 1. The van der Waals surface area contributed by atoms with Gasteiger partial charge in [0.05, 0.1) is 16.5 Å². The van der Waals surface area contributed by atoms with E-state index in [4.69, 9.17) is 17.3 Å². The summed E-state index contributed by atoms with van der Waals surface area (Å²) < 4.78 is 0. The van der Waals surface area contributed by atoms with Gasteiger partial charge in [0.2, 0.25) is 0 Å². The number of nitrogens with one attached hydrogen (secondary N) is 1. The second kappa shape index (κ2) is 6.26. The molecule has 0 saturated heterocycles. The molecule has 0 aliphatic carbocycles. The van der Waals surface area contributed by atoms with E-state index in [2.05, 4.69) is 15.2 Å². The predicted octanol–water partition coefficient (Wildman–Crippen LogP) is 2.79. The van der Waals surface area contributed by atoms with E-state index in [0.717, 1.165) is 5.56 Å². The molecule has 0 radical (unpaired) electrons. The van der Waals surface area contributed by atoms with Gasteiger partial charge in [-0.15, -0.1) is 0 Å². The number of nitrogens with two attached hydrogens (primary N) is 1. The summed E-state index contributed by atoms with van der Waals surface area (Å²) in [6.45, 7) is 0. The van der Waals surface area contributed by atoms with E-state index in [-0.39, 0.29) is 22.8 Å². The number of rotatable bonds is 4. The lowest BCUT2D eigenvalue weighted by molar-refractivity contribution is -0.384. The van der Waals surface area contributed by atoms with Crippen LogP contribution in [-0.4, -0.2) is 25.2 Å². The second-order valence-electron chi connectivity index (χ2n) is 5.03. The van der Waals surface area contributed by atoms with E-state index in [1.165, 1.54) is 18.2 Å². The molecule has 9 heteroatoms. The topological polar surface area (TPSA) is 131 Å². The molecule has 0 aliphatic rings. The Balaban J connectivity index is 1.94. The Kier molecular flexibility index (Phi) is 4.15. The number of phenolic OH excluding ortho intramolecular Hbond substituents is 1. The van der Waals surface area contributed by atoms with Crippen molar-refractivity contribution in [2.45, 2.75) is 6.04 Å². The molecule has 0 fully saturated rings. The lowest BCUT2D eigenvalue weighted by Gasteiger charge is -2.08. The number of hydrogen-bond acceptors (Lipinski definition) is 6. The quantitative estimate of drug-likeness (QED) is 0.492. The van der Waals surface area contributed by atoms with Crippen molar-refractivity contribution in [3.63, 3.8) is 0 Å². The number of aromatic nitrogens is 3. The molecule has 0 saturated carbocycles. The Morgan fingerprint density at radius 1 is 1.25 bits per heavy atom. The monoisotopic (exact) mass is 345 g/mol. The van der Waals surface area contributed by atoms with Crippen molar-refractivity contribution < 1.29 is 10.0 Å². The average Bonchev–Trinajstić information content (AvgIpc) is 3.05. The maximum Gasteiger partial charge on any atom is 0.270 e. The number of phenols is 1. The summed E-state index contributed by atoms with van der Waals surface area (Å²) in [4.78, 5) is 14.5. The van der Waals surface area contributed by atoms with Crippen LogP contribution in [0.4, 0.5) is 5.69 Å². The third kappa shape index (κ3) is 3.05. The molecule has 0 bridgehead atoms. The fourth-order valence-corrected chi connectivity index (χ4v) is 2.30. The van der Waals surface area contributed by atoms with Crippen molar-refractivity contribution in [1.29, 1.82) is 0 Å². The lowest BCUT2D eigenvalue weighted by atomic mass is 10.1. The standard InChI is InChI=1S/C15H12ClN5O3/c16-9-3-1-8(2-4-9)13(17)15-18-14(19-20-15)11-7-10(21(23)24)5-6-12(11)22/h1-7,13,22H,17H2,(H,18,19,20)/t13-/m0/s1. The number of nitro benzene ring substituents is 1. The van der Waals surface area contributed by atoms with Crippen molar-refractivity contribution in [3.05, 3.63) is 69.0 Å². The molecule has 1 aromatic heterocycles. The Morgan fingerprint density at radius 3 is 2.62 bits per heavy atom. The number of aromatic amines is 1. The van der Waals surface area contributed by atoms with Gasteiger partial charge in [-0.25, -0.2) is 4.98 Å². The summed E-state index contributed by atoms with van der Waals surface area (Å²) in [6, 6.07) is 10.00. The maximum atomic E-state index is 10.9. The van der Waals surface area contributed by atoms with Crippen LogP contribution in [-0.2, 0) is 0 Å². The molecule has 0 spiro atoms. The van der Waals surface area contributed by atoms with Gasteiger partial charge in [0.25, 0.3) is 5.69 Å². The Labute approximate surface area is 141 Å². The highest BCUT2D eigenvalue weighted by molar-refractivity contribution is 6.30. The van der Waals surface area contributed by atoms with E-state index in [1.54, 1.807) is 24.3 Å². The number of non-ortho nitro benzene ring substituents is 1. The van der Waals surface area contributed by atoms with Crippen LogP contribution in [0.5, 0.6) is 5.75 Å². The summed E-state index contributed by atoms with van der Waals surface area (Å²) in [6.07, 6.45) is 0. The molecular weight excluding hydrogens is 334 g/mol. The molecule has 0 aliphatic heterocycles. The summed E-state index contributed by atoms with van der Waals surface area (Å²) in [5.41, 5.74) is 6.87. The molecule has 0 unspecified atom stereocenters. The second-order valence-corrected chi connectivity index (χ2v) is 5.47. The van der Waals surface area contributed by atoms with Crippen LogP contribution < -0.4 is 5.73 Å². The highest BCUT2D eigenvalue weighted by Crippen LogP contribution is 2.31. The molecular formula is C15H12ClN5O3. The van der Waals surface area contributed by atoms with Crippen LogP contribution >= 0.6 is 11.6 Å². The van der Waals surface area contributed by atoms with Crippen molar-refractivity contribution in [2.75, 3.05) is 0 Å². The fraction of sp³-hybridized carbons (Fsp3) is 0.0667. The van der Waals surface area contributed by atoms with E-state index in [0.29, 0.717) is 10.8 Å². The number of nitrogens with zero attached hydrogens (tertiary/aromatic N) is 3. The van der Waals surface area contributed by atoms with Gasteiger partial charge in [0.15, 0.2) is 5.82 Å². The number of benzene rings is 2. The Morgan fingerprint density at radius 2 is 1.96 bits per heavy atom. The first-order valence-corrected chi connectivity index (χ1v) is 7.24. The highest BCUT2D eigenvalue weighted by atomic mass is 35.5. The van der Waals surface area contributed by atoms with Crippen LogP contribution in [0.25, 0.3) is 11.4 Å². The minimum absolute atomic E-state index is 0.121. The summed E-state index contributed by atoms with van der Waals surface area (Å²) in [7, 11) is 0. The van der Waals surface area contributed by atoms with Crippen LogP contribution in [0, 0.1) is 10.1 Å². The lowest BCUT2D eigenvalue weighted by Crippen LogP contribution is -2.13. The number of hydrogen-bond donors (Lipinski definition) is 3. The number of H-pyrrole nitrogens is 1. The molecule has 3 rings (SSSR count). The first-order valence-electron chi connectivity index (χ1n) is 6.87. The van der Waals surface area contributed by atoms with Gasteiger partial charge in [-0.3, -0.25) is 15.2 Å². The largest absolute Gasteiger partial charge is 0.507 e. The molecule has 1 atom stereocenters. The normalized spacial score (nSPS) is 12.1. The van der Waals surface area contributed by atoms with Crippen molar-refractivity contribution in [1.82, 2.24) is 15.2 Å². The van der Waals surface area contributed by atoms with Gasteiger partial charge < -0.3 is 10.8 Å². The van der Waals surface area contributed by atoms with Gasteiger partial charge in [-0.1, -0.05) is 23.7 Å². The first-order chi connectivity index (χ1) is 11.5. The van der Waals surface area contributed by atoms with Crippen LogP contribution in [0.2, 0.25) is 5.02 Å². The Bertz CT molecular complexity index is 894. The van der Waals surface area contributed by atoms with Crippen LogP contribution in [0.1, 0.15) is 17.4 Å².